The molecule has 6 nitrogen and oxygen atoms in total. The van der Waals surface area contributed by atoms with E-state index in [0.29, 0.717) is 18.7 Å². The minimum Gasteiger partial charge on any atom is -0.393 e. The normalized spacial score (nSPS) is 22.0. The van der Waals surface area contributed by atoms with Gasteiger partial charge in [0.05, 0.1) is 17.9 Å². The highest BCUT2D eigenvalue weighted by Gasteiger charge is 2.28. The number of hydrogen-bond donors (Lipinski definition) is 1. The van der Waals surface area contributed by atoms with Crippen molar-refractivity contribution in [1.82, 2.24) is 14.7 Å². The zero-order chi connectivity index (χ0) is 15.4. The first-order valence-corrected chi connectivity index (χ1v) is 7.53. The van der Waals surface area contributed by atoms with E-state index in [9.17, 15) is 14.7 Å². The Bertz CT molecular complexity index is 512. The smallest absolute Gasteiger partial charge is 0.294 e. The molecule has 2 unspecified atom stereocenters. The van der Waals surface area contributed by atoms with Gasteiger partial charge in [0.1, 0.15) is 0 Å². The number of aliphatic hydroxyl groups is 1. The van der Waals surface area contributed by atoms with E-state index in [1.807, 2.05) is 6.92 Å². The number of aromatic nitrogens is 2. The quantitative estimate of drug-likeness (QED) is 0.651. The van der Waals surface area contributed by atoms with Gasteiger partial charge >= 0.3 is 0 Å². The molecule has 0 bridgehead atoms. The van der Waals surface area contributed by atoms with Crippen LogP contribution >= 0.6 is 0 Å². The monoisotopic (exact) mass is 293 g/mol. The molecule has 0 aliphatic heterocycles. The lowest BCUT2D eigenvalue weighted by Crippen LogP contribution is -2.40. The highest BCUT2D eigenvalue weighted by molar-refractivity contribution is 6.42. The lowest BCUT2D eigenvalue weighted by Gasteiger charge is -2.30. The average Bonchev–Trinajstić information content (AvgIpc) is 2.97. The predicted molar refractivity (Wildman–Crippen MR) is 77.8 cm³/mol. The molecule has 21 heavy (non-hydrogen) atoms. The average molecular weight is 293 g/mol. The second-order valence-corrected chi connectivity index (χ2v) is 5.71. The van der Waals surface area contributed by atoms with Crippen LogP contribution in [0.15, 0.2) is 12.4 Å². The predicted octanol–water partition coefficient (Wildman–Crippen LogP) is 1.10. The number of hydrogen-bond acceptors (Lipinski definition) is 4. The van der Waals surface area contributed by atoms with Crippen LogP contribution in [-0.4, -0.2) is 51.2 Å². The number of aliphatic hydroxyl groups excluding tert-OH is 1. The van der Waals surface area contributed by atoms with E-state index in [4.69, 9.17) is 0 Å². The summed E-state index contributed by atoms with van der Waals surface area (Å²) in [7, 11) is 1.62. The van der Waals surface area contributed by atoms with Crippen LogP contribution < -0.4 is 0 Å². The van der Waals surface area contributed by atoms with Gasteiger partial charge in [0, 0.05) is 32.3 Å². The molecule has 1 heterocycles. The van der Waals surface area contributed by atoms with Crippen LogP contribution in [0.4, 0.5) is 0 Å². The lowest BCUT2D eigenvalue weighted by molar-refractivity contribution is -0.126. The van der Waals surface area contributed by atoms with E-state index in [1.165, 1.54) is 11.1 Å². The van der Waals surface area contributed by atoms with Crippen LogP contribution in [0.5, 0.6) is 0 Å². The second kappa shape index (κ2) is 6.85. The van der Waals surface area contributed by atoms with Gasteiger partial charge in [0.2, 0.25) is 0 Å². The van der Waals surface area contributed by atoms with E-state index in [0.717, 1.165) is 25.7 Å². The molecule has 1 aromatic heterocycles. The largest absolute Gasteiger partial charge is 0.393 e. The third kappa shape index (κ3) is 3.69. The zero-order valence-electron chi connectivity index (χ0n) is 12.7. The van der Waals surface area contributed by atoms with Gasteiger partial charge in [0.25, 0.3) is 11.7 Å². The van der Waals surface area contributed by atoms with Crippen molar-refractivity contribution in [1.29, 1.82) is 0 Å². The first-order chi connectivity index (χ1) is 10.0. The van der Waals surface area contributed by atoms with Crippen molar-refractivity contribution in [3.05, 3.63) is 18.0 Å². The van der Waals surface area contributed by atoms with Gasteiger partial charge in [-0.15, -0.1) is 0 Å². The maximum absolute atomic E-state index is 12.2. The molecule has 1 fully saturated rings. The Hall–Kier alpha value is -1.69. The SMILES string of the molecule is CCn1cc(C(=O)C(=O)N(C)CC2CCCCC2O)cn1. The summed E-state index contributed by atoms with van der Waals surface area (Å²) in [5, 5.41) is 14.0. The van der Waals surface area contributed by atoms with Gasteiger partial charge < -0.3 is 10.0 Å². The molecular formula is C15H23N3O3. The number of carbonyl (C=O) groups excluding carboxylic acids is 2. The van der Waals surface area contributed by atoms with E-state index in [2.05, 4.69) is 5.10 Å². The Kier molecular flexibility index (Phi) is 5.12. The summed E-state index contributed by atoms with van der Waals surface area (Å²) in [6.07, 6.45) is 6.43. The number of rotatable bonds is 5. The second-order valence-electron chi connectivity index (χ2n) is 5.71. The first-order valence-electron chi connectivity index (χ1n) is 7.53. The molecule has 0 saturated heterocycles. The van der Waals surface area contributed by atoms with Crippen LogP contribution in [0, 0.1) is 5.92 Å². The standard InChI is InChI=1S/C15H23N3O3/c1-3-18-10-12(8-16-18)14(20)15(21)17(2)9-11-6-4-5-7-13(11)19/h8,10-11,13,19H,3-7,9H2,1-2H3. The highest BCUT2D eigenvalue weighted by Crippen LogP contribution is 2.25. The summed E-state index contributed by atoms with van der Waals surface area (Å²) in [5.74, 6) is -1.01. The molecule has 0 spiro atoms. The molecule has 1 aromatic rings. The van der Waals surface area contributed by atoms with Crippen LogP contribution in [0.25, 0.3) is 0 Å². The van der Waals surface area contributed by atoms with E-state index in [1.54, 1.807) is 17.9 Å². The maximum atomic E-state index is 12.2. The minimum absolute atomic E-state index is 0.0684. The molecule has 6 heteroatoms. The molecule has 1 saturated carbocycles. The van der Waals surface area contributed by atoms with E-state index >= 15 is 0 Å². The summed E-state index contributed by atoms with van der Waals surface area (Å²) in [5.41, 5.74) is 0.317. The van der Waals surface area contributed by atoms with E-state index in [-0.39, 0.29) is 12.0 Å². The van der Waals surface area contributed by atoms with Gasteiger partial charge in [-0.1, -0.05) is 12.8 Å². The summed E-state index contributed by atoms with van der Waals surface area (Å²) >= 11 is 0. The number of carbonyl (C=O) groups is 2. The number of ketones is 1. The molecule has 1 aliphatic carbocycles. The molecule has 2 atom stereocenters. The molecule has 0 aromatic carbocycles. The molecule has 0 radical (unpaired) electrons. The molecule has 1 N–H and O–H groups in total. The third-order valence-corrected chi connectivity index (χ3v) is 4.14. The number of likely N-dealkylation sites (N-methyl/N-ethyl adjacent to an activating group) is 1. The van der Waals surface area contributed by atoms with Crippen molar-refractivity contribution >= 4 is 11.7 Å². The summed E-state index contributed by atoms with van der Waals surface area (Å²) < 4.78 is 1.62. The lowest BCUT2D eigenvalue weighted by atomic mass is 9.86. The summed E-state index contributed by atoms with van der Waals surface area (Å²) in [6, 6.07) is 0. The summed E-state index contributed by atoms with van der Waals surface area (Å²) in [4.78, 5) is 25.7. The van der Waals surface area contributed by atoms with Crippen molar-refractivity contribution in [2.45, 2.75) is 45.3 Å². The van der Waals surface area contributed by atoms with Crippen molar-refractivity contribution in [3.63, 3.8) is 0 Å². The van der Waals surface area contributed by atoms with Crippen LogP contribution in [0.2, 0.25) is 0 Å². The van der Waals surface area contributed by atoms with Gasteiger partial charge in [-0.3, -0.25) is 14.3 Å². The molecule has 1 aliphatic rings. The van der Waals surface area contributed by atoms with Gasteiger partial charge in [-0.05, 0) is 19.8 Å². The Morgan fingerprint density at radius 3 is 2.76 bits per heavy atom. The number of nitrogens with zero attached hydrogens (tertiary/aromatic N) is 3. The maximum Gasteiger partial charge on any atom is 0.294 e. The van der Waals surface area contributed by atoms with Crippen LogP contribution in [-0.2, 0) is 11.3 Å². The number of aryl methyl sites for hydroxylation is 1. The fraction of sp³-hybridized carbons (Fsp3) is 0.667. The fourth-order valence-electron chi connectivity index (χ4n) is 2.79. The highest BCUT2D eigenvalue weighted by atomic mass is 16.3. The summed E-state index contributed by atoms with van der Waals surface area (Å²) in [6.45, 7) is 3.00. The van der Waals surface area contributed by atoms with Crippen LogP contribution in [0.3, 0.4) is 0 Å². The number of Topliss-reactive ketones (excluding diaryl/α,β-unsaturated/α-hetero) is 1. The Labute approximate surface area is 124 Å². The van der Waals surface area contributed by atoms with E-state index < -0.39 is 11.7 Å². The topological polar surface area (TPSA) is 75.4 Å². The first kappa shape index (κ1) is 15.7. The van der Waals surface area contributed by atoms with Crippen molar-refractivity contribution in [2.75, 3.05) is 13.6 Å². The van der Waals surface area contributed by atoms with Crippen molar-refractivity contribution < 1.29 is 14.7 Å². The number of amides is 1. The van der Waals surface area contributed by atoms with Gasteiger partial charge in [0.15, 0.2) is 0 Å². The minimum atomic E-state index is -0.539. The van der Waals surface area contributed by atoms with Crippen molar-refractivity contribution in [2.24, 2.45) is 5.92 Å². The molecular weight excluding hydrogens is 270 g/mol. The van der Waals surface area contributed by atoms with Crippen molar-refractivity contribution in [3.8, 4) is 0 Å². The van der Waals surface area contributed by atoms with Crippen LogP contribution in [0.1, 0.15) is 43.0 Å². The Morgan fingerprint density at radius 1 is 1.43 bits per heavy atom. The Balaban J connectivity index is 1.96. The zero-order valence-corrected chi connectivity index (χ0v) is 12.7. The molecule has 2 rings (SSSR count). The van der Waals surface area contributed by atoms with Gasteiger partial charge in [-0.25, -0.2) is 0 Å². The molecule has 116 valence electrons. The van der Waals surface area contributed by atoms with Gasteiger partial charge in [-0.2, -0.15) is 5.10 Å². The molecule has 1 amide bonds. The third-order valence-electron chi connectivity index (χ3n) is 4.14. The Morgan fingerprint density at radius 2 is 2.14 bits per heavy atom. The fourth-order valence-corrected chi connectivity index (χ4v) is 2.79.